The molecule has 7 nitrogen and oxygen atoms in total. The third-order valence-electron chi connectivity index (χ3n) is 5.86. The van der Waals surface area contributed by atoms with Gasteiger partial charge in [0.25, 0.3) is 0 Å². The van der Waals surface area contributed by atoms with E-state index < -0.39 is 28.5 Å². The molecule has 202 valence electrons. The van der Waals surface area contributed by atoms with Gasteiger partial charge in [-0.1, -0.05) is 83.0 Å². The molecule has 1 N–H and O–H groups in total. The first kappa shape index (κ1) is 29.7. The summed E-state index contributed by atoms with van der Waals surface area (Å²) in [6, 6.07) is 22.3. The second-order valence-electron chi connectivity index (χ2n) is 8.89. The van der Waals surface area contributed by atoms with Crippen LogP contribution >= 0.6 is 27.5 Å². The molecule has 1 atom stereocenters. The lowest BCUT2D eigenvalue weighted by molar-refractivity contribution is -0.140. The van der Waals surface area contributed by atoms with E-state index in [2.05, 4.69) is 21.2 Å². The largest absolute Gasteiger partial charge is 0.354 e. The van der Waals surface area contributed by atoms with Gasteiger partial charge >= 0.3 is 0 Å². The number of nitrogens with zero attached hydrogens (tertiary/aromatic N) is 2. The normalized spacial score (nSPS) is 12.0. The van der Waals surface area contributed by atoms with Crippen molar-refractivity contribution >= 4 is 55.1 Å². The monoisotopic (exact) mass is 619 g/mol. The lowest BCUT2D eigenvalue weighted by Gasteiger charge is -2.33. The maximum absolute atomic E-state index is 13.9. The van der Waals surface area contributed by atoms with Gasteiger partial charge in [-0.15, -0.1) is 0 Å². The van der Waals surface area contributed by atoms with Crippen molar-refractivity contribution in [2.75, 3.05) is 23.7 Å². The van der Waals surface area contributed by atoms with E-state index in [1.807, 2.05) is 37.3 Å². The minimum atomic E-state index is -3.81. The zero-order valence-corrected chi connectivity index (χ0v) is 24.5. The van der Waals surface area contributed by atoms with Crippen LogP contribution in [0.2, 0.25) is 5.02 Å². The van der Waals surface area contributed by atoms with Crippen molar-refractivity contribution in [2.45, 2.75) is 32.4 Å². The van der Waals surface area contributed by atoms with E-state index in [1.54, 1.807) is 48.5 Å². The molecule has 2 amide bonds. The average Bonchev–Trinajstić information content (AvgIpc) is 2.88. The summed E-state index contributed by atoms with van der Waals surface area (Å²) in [6.07, 6.45) is 2.06. The number of rotatable bonds is 12. The lowest BCUT2D eigenvalue weighted by Crippen LogP contribution is -2.53. The Hall–Kier alpha value is -2.88. The molecule has 0 fully saturated rings. The maximum Gasteiger partial charge on any atom is 0.244 e. The molecule has 0 saturated carbocycles. The van der Waals surface area contributed by atoms with Gasteiger partial charge in [-0.2, -0.15) is 0 Å². The van der Waals surface area contributed by atoms with Crippen molar-refractivity contribution < 1.29 is 18.0 Å². The van der Waals surface area contributed by atoms with Crippen LogP contribution in [-0.2, 0) is 32.6 Å². The summed E-state index contributed by atoms with van der Waals surface area (Å²) in [5.41, 5.74) is 1.99. The third kappa shape index (κ3) is 8.58. The smallest absolute Gasteiger partial charge is 0.244 e. The summed E-state index contributed by atoms with van der Waals surface area (Å²) in [7, 11) is -3.81. The van der Waals surface area contributed by atoms with Crippen LogP contribution < -0.4 is 9.62 Å². The molecule has 0 heterocycles. The summed E-state index contributed by atoms with van der Waals surface area (Å²) in [4.78, 5) is 28.8. The quantitative estimate of drug-likeness (QED) is 0.308. The first-order valence-electron chi connectivity index (χ1n) is 12.2. The van der Waals surface area contributed by atoms with E-state index in [0.29, 0.717) is 21.7 Å². The predicted molar refractivity (Wildman–Crippen MR) is 156 cm³/mol. The van der Waals surface area contributed by atoms with Crippen molar-refractivity contribution in [1.82, 2.24) is 10.2 Å². The summed E-state index contributed by atoms with van der Waals surface area (Å²) in [5, 5.41) is 3.46. The molecule has 10 heteroatoms. The number of nitrogens with one attached hydrogen (secondary N) is 1. The zero-order chi connectivity index (χ0) is 27.7. The van der Waals surface area contributed by atoms with E-state index in [1.165, 1.54) is 4.90 Å². The Labute approximate surface area is 238 Å². The summed E-state index contributed by atoms with van der Waals surface area (Å²) < 4.78 is 27.3. The molecule has 0 unspecified atom stereocenters. The number of hydrogen-bond donors (Lipinski definition) is 1. The second kappa shape index (κ2) is 13.8. The van der Waals surface area contributed by atoms with E-state index in [-0.39, 0.29) is 18.9 Å². The van der Waals surface area contributed by atoms with Gasteiger partial charge in [-0.3, -0.25) is 13.9 Å². The highest BCUT2D eigenvalue weighted by atomic mass is 79.9. The molecule has 3 rings (SSSR count). The van der Waals surface area contributed by atoms with Crippen molar-refractivity contribution in [3.8, 4) is 0 Å². The first-order valence-corrected chi connectivity index (χ1v) is 15.2. The Balaban J connectivity index is 2.03. The van der Waals surface area contributed by atoms with Crippen LogP contribution in [0.1, 0.15) is 24.5 Å². The van der Waals surface area contributed by atoms with Gasteiger partial charge in [0.15, 0.2) is 0 Å². The van der Waals surface area contributed by atoms with Crippen LogP contribution in [0.5, 0.6) is 0 Å². The number of carbonyl (C=O) groups is 2. The van der Waals surface area contributed by atoms with Crippen LogP contribution in [0.25, 0.3) is 0 Å². The van der Waals surface area contributed by atoms with E-state index in [9.17, 15) is 18.0 Å². The Morgan fingerprint density at radius 2 is 1.66 bits per heavy atom. The molecule has 3 aromatic carbocycles. The highest BCUT2D eigenvalue weighted by Crippen LogP contribution is 2.23. The van der Waals surface area contributed by atoms with Crippen molar-refractivity contribution in [3.05, 3.63) is 99.5 Å². The predicted octanol–water partition coefficient (Wildman–Crippen LogP) is 5.03. The van der Waals surface area contributed by atoms with Gasteiger partial charge < -0.3 is 10.2 Å². The number of hydrogen-bond acceptors (Lipinski definition) is 4. The standard InChI is InChI=1S/C28H31BrClN3O4S/c1-3-16-31-28(35)26(17-21-8-5-4-6-9-21)32(19-22-12-14-24(30)15-13-22)27(34)20-33(38(2,36)37)25-11-7-10-23(29)18-25/h4-15,18,26H,3,16-17,19-20H2,1-2H3,(H,31,35)/t26-/m1/s1. The maximum atomic E-state index is 13.9. The van der Waals surface area contributed by atoms with Gasteiger partial charge in [0.05, 0.1) is 11.9 Å². The highest BCUT2D eigenvalue weighted by molar-refractivity contribution is 9.10. The molecule has 0 aromatic heterocycles. The molecule has 0 aliphatic rings. The number of halogens is 2. The Kier molecular flexibility index (Phi) is 10.8. The number of anilines is 1. The van der Waals surface area contributed by atoms with Crippen molar-refractivity contribution in [1.29, 1.82) is 0 Å². The van der Waals surface area contributed by atoms with Gasteiger partial charge in [0.2, 0.25) is 21.8 Å². The van der Waals surface area contributed by atoms with Crippen molar-refractivity contribution in [3.63, 3.8) is 0 Å². The molecule has 0 aliphatic heterocycles. The van der Waals surface area contributed by atoms with Crippen LogP contribution in [0.4, 0.5) is 5.69 Å². The fourth-order valence-corrected chi connectivity index (χ4v) is 5.31. The number of sulfonamides is 1. The number of carbonyl (C=O) groups excluding carboxylic acids is 2. The Morgan fingerprint density at radius 1 is 0.974 bits per heavy atom. The van der Waals surface area contributed by atoms with Gasteiger partial charge in [0.1, 0.15) is 12.6 Å². The molecule has 0 bridgehead atoms. The zero-order valence-electron chi connectivity index (χ0n) is 21.3. The summed E-state index contributed by atoms with van der Waals surface area (Å²) in [6.45, 7) is 2.05. The average molecular weight is 621 g/mol. The van der Waals surface area contributed by atoms with E-state index >= 15 is 0 Å². The molecule has 0 aliphatic carbocycles. The fraction of sp³-hybridized carbons (Fsp3) is 0.286. The molecular formula is C28H31BrClN3O4S. The third-order valence-corrected chi connectivity index (χ3v) is 7.75. The van der Waals surface area contributed by atoms with E-state index in [4.69, 9.17) is 11.6 Å². The molecular weight excluding hydrogens is 590 g/mol. The van der Waals surface area contributed by atoms with Gasteiger partial charge in [-0.05, 0) is 47.9 Å². The SMILES string of the molecule is CCCNC(=O)[C@@H](Cc1ccccc1)N(Cc1ccc(Cl)cc1)C(=O)CN(c1cccc(Br)c1)S(C)(=O)=O. The number of benzene rings is 3. The molecule has 38 heavy (non-hydrogen) atoms. The van der Waals surface area contributed by atoms with Gasteiger partial charge in [0, 0.05) is 29.0 Å². The molecule has 3 aromatic rings. The van der Waals surface area contributed by atoms with E-state index in [0.717, 1.165) is 28.1 Å². The summed E-state index contributed by atoms with van der Waals surface area (Å²) in [5.74, 6) is -0.802. The Bertz CT molecular complexity index is 1340. The first-order chi connectivity index (χ1) is 18.1. The molecule has 0 saturated heterocycles. The van der Waals surface area contributed by atoms with Crippen LogP contribution in [0, 0.1) is 0 Å². The Morgan fingerprint density at radius 3 is 2.26 bits per heavy atom. The second-order valence-corrected chi connectivity index (χ2v) is 12.2. The highest BCUT2D eigenvalue weighted by Gasteiger charge is 2.33. The summed E-state index contributed by atoms with van der Waals surface area (Å²) >= 11 is 9.43. The topological polar surface area (TPSA) is 86.8 Å². The number of amides is 2. The van der Waals surface area contributed by atoms with Crippen LogP contribution in [0.3, 0.4) is 0 Å². The lowest BCUT2D eigenvalue weighted by atomic mass is 10.0. The minimum Gasteiger partial charge on any atom is -0.354 e. The van der Waals surface area contributed by atoms with Crippen LogP contribution in [-0.4, -0.2) is 50.5 Å². The fourth-order valence-electron chi connectivity index (χ4n) is 3.95. The molecule has 0 spiro atoms. The minimum absolute atomic E-state index is 0.100. The van der Waals surface area contributed by atoms with Crippen LogP contribution in [0.15, 0.2) is 83.3 Å². The molecule has 0 radical (unpaired) electrons. The van der Waals surface area contributed by atoms with Gasteiger partial charge in [-0.25, -0.2) is 8.42 Å². The van der Waals surface area contributed by atoms with Crippen molar-refractivity contribution in [2.24, 2.45) is 0 Å².